The maximum Gasteiger partial charge on any atom is 0.270 e. The molecular weight excluding hydrogens is 518 g/mol. The van der Waals surface area contributed by atoms with Crippen LogP contribution in [0.2, 0.25) is 0 Å². The lowest BCUT2D eigenvalue weighted by atomic mass is 9.63. The summed E-state index contributed by atoms with van der Waals surface area (Å²) in [5.41, 5.74) is 2.54. The summed E-state index contributed by atoms with van der Waals surface area (Å²) in [6, 6.07) is 17.2. The molecule has 4 atom stereocenters. The number of allylic oxidation sites excluding steroid dienone is 1. The molecule has 0 saturated carbocycles. The molecule has 1 fully saturated rings. The number of nitrogens with zero attached hydrogens (tertiary/aromatic N) is 2. The Morgan fingerprint density at radius 3 is 2.44 bits per heavy atom. The van der Waals surface area contributed by atoms with Gasteiger partial charge in [-0.25, -0.2) is 0 Å². The number of fused-ring (bicyclic) bond motifs is 6. The van der Waals surface area contributed by atoms with Crippen LogP contribution in [0.25, 0.3) is 5.57 Å². The minimum absolute atomic E-state index is 0.0946. The Morgan fingerprint density at radius 2 is 1.73 bits per heavy atom. The number of aryl methyl sites for hydroxylation is 1. The Bertz CT molecular complexity index is 1700. The number of ketones is 2. The van der Waals surface area contributed by atoms with E-state index < -0.39 is 39.5 Å². The molecule has 0 unspecified atom stereocenters. The van der Waals surface area contributed by atoms with Gasteiger partial charge in [0.2, 0.25) is 5.91 Å². The van der Waals surface area contributed by atoms with E-state index in [1.165, 1.54) is 24.3 Å². The third-order valence-corrected chi connectivity index (χ3v) is 8.76. The van der Waals surface area contributed by atoms with Crippen LogP contribution in [0, 0.1) is 28.4 Å². The first-order chi connectivity index (χ1) is 19.4. The van der Waals surface area contributed by atoms with E-state index in [1.807, 2.05) is 75.9 Å². The minimum atomic E-state index is -1.45. The predicted molar refractivity (Wildman–Crippen MR) is 157 cm³/mol. The standard InChI is InChI=1S/C33H31N3O5/c1-18-13-14-25-22(15-18)19(2)16-26-33(23-11-6-7-12-24(23)34-31(33)39)27(28(35(25)26)30(38)32(3,4)5)29(37)20-9-8-10-21(17-20)36(40)41/h6-17,26-28H,1-5H3,(H,34,39)/t26-,27+,28-,33+/m0/s1. The predicted octanol–water partition coefficient (Wildman–Crippen LogP) is 5.88. The normalized spacial score (nSPS) is 24.3. The number of nitro groups is 1. The maximum absolute atomic E-state index is 14.8. The van der Waals surface area contributed by atoms with Crippen LogP contribution in [-0.2, 0) is 15.0 Å². The van der Waals surface area contributed by atoms with Gasteiger partial charge in [0.25, 0.3) is 5.69 Å². The van der Waals surface area contributed by atoms with Crippen molar-refractivity contribution in [1.82, 2.24) is 0 Å². The molecule has 3 aromatic carbocycles. The molecule has 41 heavy (non-hydrogen) atoms. The number of hydrogen-bond donors (Lipinski definition) is 1. The molecule has 3 heterocycles. The van der Waals surface area contributed by atoms with Crippen LogP contribution in [-0.4, -0.2) is 34.5 Å². The number of Topliss-reactive ketones (excluding diaryl/α,β-unsaturated/α-hetero) is 2. The van der Waals surface area contributed by atoms with Gasteiger partial charge in [0, 0.05) is 40.0 Å². The molecule has 0 aromatic heterocycles. The molecule has 208 valence electrons. The fourth-order valence-corrected chi connectivity index (χ4v) is 6.94. The molecule has 3 aromatic rings. The number of carbonyl (C=O) groups is 3. The highest BCUT2D eigenvalue weighted by Crippen LogP contribution is 2.59. The van der Waals surface area contributed by atoms with E-state index in [9.17, 15) is 24.5 Å². The van der Waals surface area contributed by atoms with Gasteiger partial charge in [-0.15, -0.1) is 0 Å². The van der Waals surface area contributed by atoms with Crippen LogP contribution >= 0.6 is 0 Å². The SMILES string of the molecule is CC1=C[C@@H]2N(c3ccc(C)cc31)[C@H](C(=O)C(C)(C)C)[C@H](C(=O)c1cccc([N+](=O)[O-])c1)[C@]21C(=O)Nc2ccccc21. The molecule has 0 bridgehead atoms. The Balaban J connectivity index is 1.70. The average molecular weight is 550 g/mol. The van der Waals surface area contributed by atoms with E-state index in [1.54, 1.807) is 6.07 Å². The van der Waals surface area contributed by atoms with E-state index in [0.717, 1.165) is 22.4 Å². The van der Waals surface area contributed by atoms with Gasteiger partial charge in [-0.2, -0.15) is 0 Å². The number of nitrogens with one attached hydrogen (secondary N) is 1. The highest BCUT2D eigenvalue weighted by molar-refractivity contribution is 6.17. The first-order valence-electron chi connectivity index (χ1n) is 13.7. The van der Waals surface area contributed by atoms with Crippen molar-refractivity contribution < 1.29 is 19.3 Å². The molecule has 1 N–H and O–H groups in total. The number of anilines is 2. The lowest BCUT2D eigenvalue weighted by molar-refractivity contribution is -0.384. The molecule has 3 aliphatic rings. The minimum Gasteiger partial charge on any atom is -0.352 e. The molecular formula is C33H31N3O5. The first-order valence-corrected chi connectivity index (χ1v) is 13.7. The number of benzene rings is 3. The van der Waals surface area contributed by atoms with Gasteiger partial charge in [0.1, 0.15) is 11.5 Å². The number of carbonyl (C=O) groups excluding carboxylic acids is 3. The summed E-state index contributed by atoms with van der Waals surface area (Å²) in [6.45, 7) is 9.42. The topological polar surface area (TPSA) is 110 Å². The van der Waals surface area contributed by atoms with Crippen LogP contribution in [0.5, 0.6) is 0 Å². The number of amides is 1. The Morgan fingerprint density at radius 1 is 1.00 bits per heavy atom. The molecule has 1 amide bonds. The number of nitro benzene ring substituents is 1. The third-order valence-electron chi connectivity index (χ3n) is 8.76. The zero-order valence-corrected chi connectivity index (χ0v) is 23.6. The molecule has 8 nitrogen and oxygen atoms in total. The summed E-state index contributed by atoms with van der Waals surface area (Å²) in [5, 5.41) is 14.6. The lowest BCUT2D eigenvalue weighted by Gasteiger charge is -2.40. The maximum atomic E-state index is 14.8. The highest BCUT2D eigenvalue weighted by atomic mass is 16.6. The Kier molecular flexibility index (Phi) is 5.82. The van der Waals surface area contributed by atoms with Crippen LogP contribution in [0.3, 0.4) is 0 Å². The van der Waals surface area contributed by atoms with Gasteiger partial charge in [-0.05, 0) is 43.2 Å². The summed E-state index contributed by atoms with van der Waals surface area (Å²) in [6.07, 6.45) is 2.01. The van der Waals surface area contributed by atoms with Crippen molar-refractivity contribution in [3.05, 3.63) is 105 Å². The third kappa shape index (κ3) is 3.70. The number of para-hydroxylation sites is 1. The van der Waals surface area contributed by atoms with E-state index >= 15 is 0 Å². The largest absolute Gasteiger partial charge is 0.352 e. The zero-order valence-electron chi connectivity index (χ0n) is 23.6. The van der Waals surface area contributed by atoms with Gasteiger partial charge in [0.05, 0.1) is 16.9 Å². The van der Waals surface area contributed by atoms with Crippen molar-refractivity contribution in [3.63, 3.8) is 0 Å². The van der Waals surface area contributed by atoms with Crippen molar-refractivity contribution in [2.45, 2.75) is 52.1 Å². The molecule has 3 aliphatic heterocycles. The van der Waals surface area contributed by atoms with E-state index in [-0.39, 0.29) is 22.9 Å². The Labute approximate surface area is 238 Å². The van der Waals surface area contributed by atoms with Crippen molar-refractivity contribution in [1.29, 1.82) is 0 Å². The van der Waals surface area contributed by atoms with E-state index in [0.29, 0.717) is 11.3 Å². The molecule has 1 spiro atoms. The van der Waals surface area contributed by atoms with Gasteiger partial charge in [0.15, 0.2) is 11.6 Å². The summed E-state index contributed by atoms with van der Waals surface area (Å²) in [4.78, 5) is 56.7. The van der Waals surface area contributed by atoms with Crippen molar-refractivity contribution >= 4 is 40.1 Å². The van der Waals surface area contributed by atoms with E-state index in [2.05, 4.69) is 11.4 Å². The van der Waals surface area contributed by atoms with Crippen LogP contribution in [0.15, 0.2) is 72.8 Å². The second kappa shape index (κ2) is 8.96. The van der Waals surface area contributed by atoms with Crippen LogP contribution < -0.4 is 10.2 Å². The number of rotatable bonds is 4. The molecule has 0 aliphatic carbocycles. The van der Waals surface area contributed by atoms with E-state index in [4.69, 9.17) is 0 Å². The smallest absolute Gasteiger partial charge is 0.270 e. The molecule has 0 radical (unpaired) electrons. The first kappa shape index (κ1) is 26.6. The van der Waals surface area contributed by atoms with Crippen molar-refractivity contribution in [2.24, 2.45) is 11.3 Å². The molecule has 1 saturated heterocycles. The number of non-ortho nitro benzene ring substituents is 1. The van der Waals surface area contributed by atoms with Gasteiger partial charge in [-0.1, -0.05) is 68.8 Å². The van der Waals surface area contributed by atoms with Gasteiger partial charge < -0.3 is 10.2 Å². The fourth-order valence-electron chi connectivity index (χ4n) is 6.94. The average Bonchev–Trinajstić information content (AvgIpc) is 3.39. The quantitative estimate of drug-likeness (QED) is 0.247. The number of hydrogen-bond acceptors (Lipinski definition) is 6. The summed E-state index contributed by atoms with van der Waals surface area (Å²) in [7, 11) is 0. The van der Waals surface area contributed by atoms with Crippen LogP contribution in [0.1, 0.15) is 54.7 Å². The Hall–Kier alpha value is -4.59. The van der Waals surface area contributed by atoms with Gasteiger partial charge >= 0.3 is 0 Å². The van der Waals surface area contributed by atoms with Crippen LogP contribution in [0.4, 0.5) is 17.1 Å². The van der Waals surface area contributed by atoms with Gasteiger partial charge in [-0.3, -0.25) is 24.5 Å². The summed E-state index contributed by atoms with van der Waals surface area (Å²) in [5.74, 6) is -2.17. The second-order valence-corrected chi connectivity index (χ2v) is 12.3. The van der Waals surface area contributed by atoms with Crippen molar-refractivity contribution in [3.8, 4) is 0 Å². The zero-order chi connectivity index (χ0) is 29.4. The van der Waals surface area contributed by atoms with Crippen molar-refractivity contribution in [2.75, 3.05) is 10.2 Å². The highest BCUT2D eigenvalue weighted by Gasteiger charge is 2.71. The monoisotopic (exact) mass is 549 g/mol. The molecule has 6 rings (SSSR count). The fraction of sp³-hybridized carbons (Fsp3) is 0.303. The molecule has 8 heteroatoms. The lowest BCUT2D eigenvalue weighted by Crippen LogP contribution is -2.51. The summed E-state index contributed by atoms with van der Waals surface area (Å²) >= 11 is 0. The second-order valence-electron chi connectivity index (χ2n) is 12.3. The summed E-state index contributed by atoms with van der Waals surface area (Å²) < 4.78 is 0.